The highest BCUT2D eigenvalue weighted by molar-refractivity contribution is 5.96. The molecular formula is C22H21NO5. The predicted molar refractivity (Wildman–Crippen MR) is 106 cm³/mol. The van der Waals surface area contributed by atoms with Crippen LogP contribution in [-0.4, -0.2) is 25.9 Å². The monoisotopic (exact) mass is 379 g/mol. The summed E-state index contributed by atoms with van der Waals surface area (Å²) in [4.78, 5) is 12.1. The Labute approximate surface area is 162 Å². The summed E-state index contributed by atoms with van der Waals surface area (Å²) in [6, 6.07) is 13.2. The number of furan rings is 1. The number of nitrogens with one attached hydrogen (secondary N) is 1. The fourth-order valence-electron chi connectivity index (χ4n) is 3.09. The van der Waals surface area contributed by atoms with Gasteiger partial charge in [0.2, 0.25) is 12.7 Å². The number of ether oxygens (including phenoxy) is 3. The number of fused-ring (bicyclic) bond motifs is 2. The summed E-state index contributed by atoms with van der Waals surface area (Å²) in [5.74, 6) is 2.75. The van der Waals surface area contributed by atoms with Crippen LogP contribution in [0.15, 0.2) is 53.0 Å². The van der Waals surface area contributed by atoms with Crippen LogP contribution in [0, 0.1) is 0 Å². The maximum atomic E-state index is 12.1. The SMILES string of the molecule is CCc1oc2ccccc2c1C=CC(=O)NCCOc1ccc2c(c1)OCO2. The first-order chi connectivity index (χ1) is 13.7. The summed E-state index contributed by atoms with van der Waals surface area (Å²) in [7, 11) is 0. The first kappa shape index (κ1) is 18.0. The van der Waals surface area contributed by atoms with Crippen molar-refractivity contribution in [3.63, 3.8) is 0 Å². The molecule has 0 bridgehead atoms. The van der Waals surface area contributed by atoms with Crippen molar-refractivity contribution in [1.82, 2.24) is 5.32 Å². The zero-order valence-corrected chi connectivity index (χ0v) is 15.6. The van der Waals surface area contributed by atoms with Crippen LogP contribution in [0.3, 0.4) is 0 Å². The van der Waals surface area contributed by atoms with Crippen molar-refractivity contribution in [2.45, 2.75) is 13.3 Å². The highest BCUT2D eigenvalue weighted by Crippen LogP contribution is 2.35. The Morgan fingerprint density at radius 1 is 1.18 bits per heavy atom. The molecule has 0 unspecified atom stereocenters. The summed E-state index contributed by atoms with van der Waals surface area (Å²) >= 11 is 0. The van der Waals surface area contributed by atoms with Gasteiger partial charge < -0.3 is 23.9 Å². The second-order valence-electron chi connectivity index (χ2n) is 6.28. The molecule has 1 aromatic heterocycles. The van der Waals surface area contributed by atoms with Gasteiger partial charge in [-0.15, -0.1) is 0 Å². The number of rotatable bonds is 7. The molecule has 1 N–H and O–H groups in total. The summed E-state index contributed by atoms with van der Waals surface area (Å²) in [5.41, 5.74) is 1.78. The smallest absolute Gasteiger partial charge is 0.244 e. The standard InChI is InChI=1S/C22H21NO5/c1-2-18-17(16-5-3-4-6-19(16)28-18)8-10-22(24)23-11-12-25-15-7-9-20-21(13-15)27-14-26-20/h3-10,13H,2,11-12,14H2,1H3,(H,23,24). The Balaban J connectivity index is 1.30. The Morgan fingerprint density at radius 3 is 2.93 bits per heavy atom. The van der Waals surface area contributed by atoms with Gasteiger partial charge in [0.05, 0.1) is 6.54 Å². The van der Waals surface area contributed by atoms with E-state index in [-0.39, 0.29) is 12.7 Å². The molecule has 0 radical (unpaired) electrons. The number of hydrogen-bond acceptors (Lipinski definition) is 5. The fourth-order valence-corrected chi connectivity index (χ4v) is 3.09. The molecule has 6 heteroatoms. The number of carbonyl (C=O) groups excluding carboxylic acids is 1. The molecule has 1 aliphatic rings. The minimum absolute atomic E-state index is 0.179. The molecule has 1 aliphatic heterocycles. The highest BCUT2D eigenvalue weighted by atomic mass is 16.7. The zero-order chi connectivity index (χ0) is 19.3. The van der Waals surface area contributed by atoms with Gasteiger partial charge in [0, 0.05) is 29.5 Å². The van der Waals surface area contributed by atoms with E-state index in [2.05, 4.69) is 5.32 Å². The predicted octanol–water partition coefficient (Wildman–Crippen LogP) is 3.93. The lowest BCUT2D eigenvalue weighted by Crippen LogP contribution is -2.26. The molecule has 0 fully saturated rings. The number of para-hydroxylation sites is 1. The molecule has 0 aliphatic carbocycles. The molecular weight excluding hydrogens is 358 g/mol. The van der Waals surface area contributed by atoms with E-state index in [1.54, 1.807) is 18.2 Å². The van der Waals surface area contributed by atoms with Crippen LogP contribution in [0.2, 0.25) is 0 Å². The third kappa shape index (κ3) is 3.81. The second kappa shape index (κ2) is 8.08. The van der Waals surface area contributed by atoms with Crippen molar-refractivity contribution >= 4 is 23.0 Å². The van der Waals surface area contributed by atoms with Crippen LogP contribution in [0.1, 0.15) is 18.2 Å². The van der Waals surface area contributed by atoms with Gasteiger partial charge in [-0.1, -0.05) is 25.1 Å². The molecule has 2 heterocycles. The van der Waals surface area contributed by atoms with Crippen molar-refractivity contribution in [3.05, 3.63) is 59.9 Å². The van der Waals surface area contributed by atoms with Gasteiger partial charge in [0.25, 0.3) is 0 Å². The van der Waals surface area contributed by atoms with Crippen molar-refractivity contribution < 1.29 is 23.4 Å². The van der Waals surface area contributed by atoms with Gasteiger partial charge in [0.15, 0.2) is 11.5 Å². The number of carbonyl (C=O) groups is 1. The number of benzene rings is 2. The Hall–Kier alpha value is -3.41. The van der Waals surface area contributed by atoms with E-state index in [1.165, 1.54) is 6.08 Å². The first-order valence-corrected chi connectivity index (χ1v) is 9.23. The topological polar surface area (TPSA) is 69.9 Å². The molecule has 0 saturated carbocycles. The lowest BCUT2D eigenvalue weighted by atomic mass is 10.1. The molecule has 144 valence electrons. The summed E-state index contributed by atoms with van der Waals surface area (Å²) in [6.07, 6.45) is 4.09. The van der Waals surface area contributed by atoms with Crippen LogP contribution in [0.5, 0.6) is 17.2 Å². The Bertz CT molecular complexity index is 1020. The number of hydrogen-bond donors (Lipinski definition) is 1. The lowest BCUT2D eigenvalue weighted by molar-refractivity contribution is -0.116. The number of aryl methyl sites for hydroxylation is 1. The second-order valence-corrected chi connectivity index (χ2v) is 6.28. The zero-order valence-electron chi connectivity index (χ0n) is 15.6. The molecule has 3 aromatic rings. The third-order valence-electron chi connectivity index (χ3n) is 4.45. The van der Waals surface area contributed by atoms with Crippen LogP contribution in [0.4, 0.5) is 0 Å². The van der Waals surface area contributed by atoms with E-state index in [1.807, 2.05) is 37.3 Å². The average Bonchev–Trinajstić information content (AvgIpc) is 3.33. The van der Waals surface area contributed by atoms with Crippen molar-refractivity contribution in [1.29, 1.82) is 0 Å². The van der Waals surface area contributed by atoms with Crippen LogP contribution in [0.25, 0.3) is 17.0 Å². The number of amides is 1. The third-order valence-corrected chi connectivity index (χ3v) is 4.45. The van der Waals surface area contributed by atoms with Gasteiger partial charge in [-0.3, -0.25) is 4.79 Å². The van der Waals surface area contributed by atoms with E-state index in [0.29, 0.717) is 30.4 Å². The minimum Gasteiger partial charge on any atom is -0.492 e. The quantitative estimate of drug-likeness (QED) is 0.497. The van der Waals surface area contributed by atoms with Gasteiger partial charge in [-0.25, -0.2) is 0 Å². The van der Waals surface area contributed by atoms with Crippen molar-refractivity contribution in [2.24, 2.45) is 0 Å². The molecule has 1 amide bonds. The van der Waals surface area contributed by atoms with Gasteiger partial charge >= 0.3 is 0 Å². The lowest BCUT2D eigenvalue weighted by Gasteiger charge is -2.07. The maximum Gasteiger partial charge on any atom is 0.244 e. The maximum absolute atomic E-state index is 12.1. The average molecular weight is 379 g/mol. The molecule has 4 rings (SSSR count). The van der Waals surface area contributed by atoms with E-state index in [9.17, 15) is 4.79 Å². The van der Waals surface area contributed by atoms with Crippen LogP contribution in [-0.2, 0) is 11.2 Å². The summed E-state index contributed by atoms with van der Waals surface area (Å²) in [6.45, 7) is 3.01. The minimum atomic E-state index is -0.179. The highest BCUT2D eigenvalue weighted by Gasteiger charge is 2.13. The van der Waals surface area contributed by atoms with Gasteiger partial charge in [0.1, 0.15) is 23.7 Å². The Kier molecular flexibility index (Phi) is 5.19. The fraction of sp³-hybridized carbons (Fsp3) is 0.227. The molecule has 0 spiro atoms. The molecule has 2 aromatic carbocycles. The first-order valence-electron chi connectivity index (χ1n) is 9.23. The van der Waals surface area contributed by atoms with Crippen molar-refractivity contribution in [3.8, 4) is 17.2 Å². The Morgan fingerprint density at radius 2 is 2.04 bits per heavy atom. The molecule has 28 heavy (non-hydrogen) atoms. The van der Waals surface area contributed by atoms with Crippen LogP contribution >= 0.6 is 0 Å². The van der Waals surface area contributed by atoms with E-state index in [0.717, 1.165) is 28.7 Å². The van der Waals surface area contributed by atoms with E-state index in [4.69, 9.17) is 18.6 Å². The normalized spacial score (nSPS) is 12.6. The molecule has 0 saturated heterocycles. The van der Waals surface area contributed by atoms with Gasteiger partial charge in [-0.2, -0.15) is 0 Å². The molecule has 0 atom stereocenters. The van der Waals surface area contributed by atoms with E-state index < -0.39 is 0 Å². The van der Waals surface area contributed by atoms with Crippen molar-refractivity contribution in [2.75, 3.05) is 19.9 Å². The summed E-state index contributed by atoms with van der Waals surface area (Å²) in [5, 5.41) is 3.82. The van der Waals surface area contributed by atoms with Crippen LogP contribution < -0.4 is 19.5 Å². The molecule has 6 nitrogen and oxygen atoms in total. The van der Waals surface area contributed by atoms with Gasteiger partial charge in [-0.05, 0) is 24.3 Å². The summed E-state index contributed by atoms with van der Waals surface area (Å²) < 4.78 is 22.0. The largest absolute Gasteiger partial charge is 0.492 e. The van der Waals surface area contributed by atoms with E-state index >= 15 is 0 Å².